The molecule has 1 unspecified atom stereocenters. The summed E-state index contributed by atoms with van der Waals surface area (Å²) in [6.07, 6.45) is -6.35. The van der Waals surface area contributed by atoms with Crippen LogP contribution in [-0.4, -0.2) is 60.6 Å². The van der Waals surface area contributed by atoms with Crippen molar-refractivity contribution >= 4 is 12.0 Å². The highest BCUT2D eigenvalue weighted by Crippen LogP contribution is 2.40. The molecule has 2 amide bonds. The van der Waals surface area contributed by atoms with Gasteiger partial charge in [-0.15, -0.1) is 0 Å². The fourth-order valence-corrected chi connectivity index (χ4v) is 3.15. The van der Waals surface area contributed by atoms with Crippen molar-refractivity contribution in [1.82, 2.24) is 20.9 Å². The Hall–Kier alpha value is -3.39. The number of halogens is 6. The minimum atomic E-state index is -4.87. The van der Waals surface area contributed by atoms with Crippen molar-refractivity contribution in [3.05, 3.63) is 53.5 Å². The van der Waals surface area contributed by atoms with Crippen LogP contribution < -0.4 is 16.0 Å². The van der Waals surface area contributed by atoms with Crippen LogP contribution in [0.1, 0.15) is 19.4 Å². The number of nitrogens with zero attached hydrogens (tertiary/aromatic N) is 1. The Labute approximate surface area is 208 Å². The average Bonchev–Trinajstić information content (AvgIpc) is 2.81. The average molecular weight is 536 g/mol. The zero-order valence-electron chi connectivity index (χ0n) is 20.0. The van der Waals surface area contributed by atoms with Crippen LogP contribution in [0.25, 0.3) is 11.3 Å². The van der Waals surface area contributed by atoms with Crippen LogP contribution in [0.3, 0.4) is 0 Å². The van der Waals surface area contributed by atoms with E-state index in [1.807, 2.05) is 5.32 Å². The van der Waals surface area contributed by atoms with Crippen molar-refractivity contribution < 1.29 is 45.8 Å². The summed E-state index contributed by atoms with van der Waals surface area (Å²) in [5.41, 5.74) is -3.03. The van der Waals surface area contributed by atoms with Crippen molar-refractivity contribution in [1.29, 1.82) is 0 Å². The smallest absolute Gasteiger partial charge is 0.407 e. The molecule has 0 bridgehead atoms. The van der Waals surface area contributed by atoms with E-state index >= 15 is 0 Å². The molecule has 0 aliphatic heterocycles. The molecule has 0 aliphatic rings. The maximum atomic E-state index is 14.4. The molecule has 2 atom stereocenters. The first kappa shape index (κ1) is 29.8. The molecular formula is C23H26F6N4O4. The number of nitrogens with one attached hydrogen (secondary N) is 3. The van der Waals surface area contributed by atoms with Gasteiger partial charge in [-0.05, 0) is 32.0 Å². The molecule has 0 radical (unpaired) electrons. The molecule has 0 spiro atoms. The number of amides is 2. The van der Waals surface area contributed by atoms with Crippen LogP contribution in [0.15, 0.2) is 30.5 Å². The molecule has 2 rings (SSSR count). The van der Waals surface area contributed by atoms with Gasteiger partial charge in [0.1, 0.15) is 23.5 Å². The predicted octanol–water partition coefficient (Wildman–Crippen LogP) is 3.05. The monoisotopic (exact) mass is 536 g/mol. The predicted molar refractivity (Wildman–Crippen MR) is 119 cm³/mol. The number of carbonyl (C=O) groups excluding carboxylic acids is 2. The number of pyridine rings is 1. The number of methoxy groups -OCH3 is 1. The number of hydrogen-bond acceptors (Lipinski definition) is 6. The van der Waals surface area contributed by atoms with Crippen molar-refractivity contribution in [3.63, 3.8) is 0 Å². The molecule has 0 saturated heterocycles. The lowest BCUT2D eigenvalue weighted by Crippen LogP contribution is -2.60. The van der Waals surface area contributed by atoms with Crippen molar-refractivity contribution in [2.75, 3.05) is 20.2 Å². The van der Waals surface area contributed by atoms with Crippen LogP contribution in [0, 0.1) is 22.9 Å². The van der Waals surface area contributed by atoms with E-state index in [9.17, 15) is 41.0 Å². The molecule has 0 saturated carbocycles. The summed E-state index contributed by atoms with van der Waals surface area (Å²) in [6, 6.07) is 1.95. The Morgan fingerprint density at radius 1 is 1.08 bits per heavy atom. The number of ether oxygens (including phenoxy) is 1. The highest BCUT2D eigenvalue weighted by molar-refractivity contribution is 5.86. The third-order valence-electron chi connectivity index (χ3n) is 5.51. The van der Waals surface area contributed by atoms with Crippen LogP contribution in [0.4, 0.5) is 31.1 Å². The molecule has 14 heteroatoms. The fraction of sp³-hybridized carbons (Fsp3) is 0.435. The van der Waals surface area contributed by atoms with Crippen LogP contribution in [-0.2, 0) is 16.1 Å². The molecule has 204 valence electrons. The Balaban J connectivity index is 1.96. The molecule has 8 nitrogen and oxygen atoms in total. The zero-order chi connectivity index (χ0) is 28.0. The van der Waals surface area contributed by atoms with Crippen LogP contribution in [0.5, 0.6) is 0 Å². The molecule has 0 aliphatic carbocycles. The maximum Gasteiger partial charge on any atom is 0.407 e. The van der Waals surface area contributed by atoms with Gasteiger partial charge in [0.15, 0.2) is 0 Å². The normalized spacial score (nSPS) is 13.6. The quantitative estimate of drug-likeness (QED) is 0.348. The van der Waals surface area contributed by atoms with Gasteiger partial charge in [0, 0.05) is 43.0 Å². The van der Waals surface area contributed by atoms with Crippen molar-refractivity contribution in [3.8, 4) is 11.3 Å². The lowest BCUT2D eigenvalue weighted by molar-refractivity contribution is -0.220. The lowest BCUT2D eigenvalue weighted by Gasteiger charge is -2.35. The topological polar surface area (TPSA) is 113 Å². The number of rotatable bonds is 10. The number of alkyl carbamates (subject to hydrolysis) is 1. The first-order valence-electron chi connectivity index (χ1n) is 10.8. The fourth-order valence-electron chi connectivity index (χ4n) is 3.15. The van der Waals surface area contributed by atoms with E-state index in [1.165, 1.54) is 0 Å². The van der Waals surface area contributed by atoms with E-state index in [1.54, 1.807) is 0 Å². The third-order valence-corrected chi connectivity index (χ3v) is 5.51. The molecule has 4 N–H and O–H groups in total. The maximum absolute atomic E-state index is 14.4. The number of hydrogen-bond donors (Lipinski definition) is 4. The number of benzene rings is 1. The van der Waals surface area contributed by atoms with E-state index < -0.39 is 59.7 Å². The molecule has 2 aromatic rings. The second-order valence-corrected chi connectivity index (χ2v) is 8.60. The standard InChI is InChI=1S/C23H26F6N4O4/c1-22(2,23(27,28)29)19(33-21(36)37-3)20(35)32-10-14(34)9-30-11-15-16(25)6-12(7-17(15)26)18-8-13(24)4-5-31-18/h4-8,14,19,30,34H,9-11H2,1-3H3,(H,32,35)(H,33,36)/t14-,19?/m0/s1. The number of alkyl halides is 3. The van der Waals surface area contributed by atoms with E-state index in [4.69, 9.17) is 0 Å². The largest absolute Gasteiger partial charge is 0.453 e. The van der Waals surface area contributed by atoms with E-state index in [0.29, 0.717) is 13.8 Å². The van der Waals surface area contributed by atoms with Gasteiger partial charge in [0.05, 0.1) is 24.3 Å². The van der Waals surface area contributed by atoms with Crippen LogP contribution in [0.2, 0.25) is 0 Å². The first-order chi connectivity index (χ1) is 17.2. The molecular weight excluding hydrogens is 510 g/mol. The molecule has 1 aromatic carbocycles. The summed E-state index contributed by atoms with van der Waals surface area (Å²) in [5.74, 6) is -3.78. The minimum absolute atomic E-state index is 0.0119. The van der Waals surface area contributed by atoms with Gasteiger partial charge in [-0.3, -0.25) is 9.78 Å². The molecule has 0 fully saturated rings. The summed E-state index contributed by atoms with van der Waals surface area (Å²) < 4.78 is 86.8. The Morgan fingerprint density at radius 2 is 1.70 bits per heavy atom. The third kappa shape index (κ3) is 7.79. The van der Waals surface area contributed by atoms with Gasteiger partial charge in [0.25, 0.3) is 0 Å². The highest BCUT2D eigenvalue weighted by atomic mass is 19.4. The summed E-state index contributed by atoms with van der Waals surface area (Å²) in [4.78, 5) is 27.7. The summed E-state index contributed by atoms with van der Waals surface area (Å²) in [7, 11) is 0.915. The Morgan fingerprint density at radius 3 is 2.24 bits per heavy atom. The first-order valence-corrected chi connectivity index (χ1v) is 10.8. The Bertz CT molecular complexity index is 1090. The molecule has 37 heavy (non-hydrogen) atoms. The zero-order valence-corrected chi connectivity index (χ0v) is 20.0. The van der Waals surface area contributed by atoms with Gasteiger partial charge in [0.2, 0.25) is 5.91 Å². The van der Waals surface area contributed by atoms with E-state index in [-0.39, 0.29) is 29.9 Å². The van der Waals surface area contributed by atoms with E-state index in [0.717, 1.165) is 37.6 Å². The summed E-state index contributed by atoms with van der Waals surface area (Å²) in [5, 5.41) is 16.6. The Kier molecular flexibility index (Phi) is 9.87. The lowest BCUT2D eigenvalue weighted by atomic mass is 9.83. The summed E-state index contributed by atoms with van der Waals surface area (Å²) in [6.45, 7) is 0.208. The van der Waals surface area contributed by atoms with E-state index in [2.05, 4.69) is 20.4 Å². The van der Waals surface area contributed by atoms with Gasteiger partial charge in [-0.25, -0.2) is 18.0 Å². The number of aliphatic hydroxyl groups excluding tert-OH is 1. The second-order valence-electron chi connectivity index (χ2n) is 8.60. The number of aromatic nitrogens is 1. The minimum Gasteiger partial charge on any atom is -0.453 e. The molecule has 1 heterocycles. The van der Waals surface area contributed by atoms with Crippen molar-refractivity contribution in [2.24, 2.45) is 5.41 Å². The van der Waals surface area contributed by atoms with Crippen LogP contribution >= 0.6 is 0 Å². The number of carbonyl (C=O) groups is 2. The van der Waals surface area contributed by atoms with Gasteiger partial charge >= 0.3 is 12.3 Å². The second kappa shape index (κ2) is 12.2. The van der Waals surface area contributed by atoms with Gasteiger partial charge in [-0.2, -0.15) is 13.2 Å². The van der Waals surface area contributed by atoms with Gasteiger partial charge < -0.3 is 25.8 Å². The highest BCUT2D eigenvalue weighted by Gasteiger charge is 2.55. The number of aliphatic hydroxyl groups is 1. The summed E-state index contributed by atoms with van der Waals surface area (Å²) >= 11 is 0. The SMILES string of the molecule is COC(=O)NC(C(=O)NC[C@@H](O)CNCc1c(F)cc(-c2cc(F)ccn2)cc1F)C(C)(C)C(F)(F)F. The van der Waals surface area contributed by atoms with Gasteiger partial charge in [-0.1, -0.05) is 0 Å². The van der Waals surface area contributed by atoms with Crippen molar-refractivity contribution in [2.45, 2.75) is 38.7 Å². The molecule has 1 aromatic heterocycles.